The van der Waals surface area contributed by atoms with Gasteiger partial charge in [0.15, 0.2) is 5.65 Å². The molecule has 0 spiro atoms. The van der Waals surface area contributed by atoms with E-state index < -0.39 is 0 Å². The molecule has 0 saturated heterocycles. The van der Waals surface area contributed by atoms with Gasteiger partial charge in [-0.2, -0.15) is 4.98 Å². The molecule has 2 heterocycles. The van der Waals surface area contributed by atoms with Gasteiger partial charge >= 0.3 is 0 Å². The summed E-state index contributed by atoms with van der Waals surface area (Å²) in [4.78, 5) is 24.5. The molecule has 0 aliphatic rings. The first-order valence-corrected chi connectivity index (χ1v) is 8.52. The van der Waals surface area contributed by atoms with Crippen molar-refractivity contribution in [3.05, 3.63) is 76.7 Å². The number of fused-ring (bicyclic) bond motifs is 1. The highest BCUT2D eigenvalue weighted by Crippen LogP contribution is 2.32. The van der Waals surface area contributed by atoms with E-state index in [1.165, 1.54) is 0 Å². The molecule has 0 amide bonds. The molecule has 4 aromatic rings. The first-order chi connectivity index (χ1) is 13.2. The van der Waals surface area contributed by atoms with Gasteiger partial charge in [0.1, 0.15) is 5.75 Å². The van der Waals surface area contributed by atoms with Gasteiger partial charge in [-0.05, 0) is 30.7 Å². The van der Waals surface area contributed by atoms with Crippen molar-refractivity contribution in [2.24, 2.45) is 0 Å². The van der Waals surface area contributed by atoms with Crippen molar-refractivity contribution in [3.63, 3.8) is 0 Å². The minimum Gasteiger partial charge on any atom is -0.496 e. The number of rotatable bonds is 4. The Balaban J connectivity index is 1.86. The normalized spacial score (nSPS) is 10.7. The maximum Gasteiger partial charge on any atom is 0.262 e. The summed E-state index contributed by atoms with van der Waals surface area (Å²) in [6.45, 7) is 1.99. The van der Waals surface area contributed by atoms with Crippen molar-refractivity contribution in [1.29, 1.82) is 0 Å². The van der Waals surface area contributed by atoms with Crippen LogP contribution >= 0.6 is 0 Å². The number of anilines is 2. The van der Waals surface area contributed by atoms with Crippen LogP contribution in [0.2, 0.25) is 0 Å². The number of pyridine rings is 1. The summed E-state index contributed by atoms with van der Waals surface area (Å²) in [6.07, 6.45) is 1.65. The van der Waals surface area contributed by atoms with Crippen LogP contribution in [0.3, 0.4) is 0 Å². The molecule has 27 heavy (non-hydrogen) atoms. The summed E-state index contributed by atoms with van der Waals surface area (Å²) in [5.74, 6) is 1.04. The molecule has 0 radical (unpaired) electrons. The van der Waals surface area contributed by atoms with Crippen LogP contribution in [-0.2, 0) is 0 Å². The molecule has 2 N–H and O–H groups in total. The van der Waals surface area contributed by atoms with Crippen molar-refractivity contribution in [2.75, 3.05) is 12.4 Å². The van der Waals surface area contributed by atoms with Gasteiger partial charge in [-0.3, -0.25) is 9.78 Å². The Morgan fingerprint density at radius 1 is 1.00 bits per heavy atom. The fourth-order valence-electron chi connectivity index (χ4n) is 3.05. The number of hydrogen-bond acceptors (Lipinski definition) is 5. The average Bonchev–Trinajstić information content (AvgIpc) is 2.69. The van der Waals surface area contributed by atoms with E-state index in [-0.39, 0.29) is 5.56 Å². The summed E-state index contributed by atoms with van der Waals surface area (Å²) in [5.41, 5.74) is 3.59. The number of hydrogen-bond donors (Lipinski definition) is 2. The number of aromatic amines is 1. The molecule has 0 atom stereocenters. The minimum atomic E-state index is -0.259. The lowest BCUT2D eigenvalue weighted by molar-refractivity contribution is 0.416. The van der Waals surface area contributed by atoms with E-state index in [9.17, 15) is 4.79 Å². The van der Waals surface area contributed by atoms with E-state index in [1.807, 2.05) is 55.5 Å². The summed E-state index contributed by atoms with van der Waals surface area (Å²) in [7, 11) is 1.61. The minimum absolute atomic E-state index is 0.259. The van der Waals surface area contributed by atoms with Crippen LogP contribution in [0.1, 0.15) is 5.56 Å². The molecule has 6 nitrogen and oxygen atoms in total. The van der Waals surface area contributed by atoms with Gasteiger partial charge in [-0.15, -0.1) is 0 Å². The fourth-order valence-corrected chi connectivity index (χ4v) is 3.05. The average molecular weight is 358 g/mol. The largest absolute Gasteiger partial charge is 0.496 e. The molecule has 2 aromatic heterocycles. The van der Waals surface area contributed by atoms with E-state index in [1.54, 1.807) is 19.4 Å². The number of aromatic nitrogens is 3. The zero-order valence-corrected chi connectivity index (χ0v) is 15.0. The van der Waals surface area contributed by atoms with Crippen LogP contribution in [-0.4, -0.2) is 22.1 Å². The summed E-state index contributed by atoms with van der Waals surface area (Å²) >= 11 is 0. The SMILES string of the molecule is COc1ccccc1-c1ccnc2nc(Nc3ccccc3C)[nH]c(=O)c12. The van der Waals surface area contributed by atoms with Crippen LogP contribution < -0.4 is 15.6 Å². The third-order valence-electron chi connectivity index (χ3n) is 4.40. The zero-order valence-electron chi connectivity index (χ0n) is 15.0. The Hall–Kier alpha value is -3.67. The first-order valence-electron chi connectivity index (χ1n) is 8.52. The zero-order chi connectivity index (χ0) is 18.8. The van der Waals surface area contributed by atoms with Crippen LogP contribution in [0.25, 0.3) is 22.2 Å². The van der Waals surface area contributed by atoms with E-state index in [0.29, 0.717) is 22.7 Å². The van der Waals surface area contributed by atoms with Crippen molar-refractivity contribution < 1.29 is 4.74 Å². The molecule has 2 aromatic carbocycles. The molecule has 4 rings (SSSR count). The van der Waals surface area contributed by atoms with Gasteiger partial charge in [-0.1, -0.05) is 36.4 Å². The van der Waals surface area contributed by atoms with Crippen LogP contribution in [0.15, 0.2) is 65.6 Å². The summed E-state index contributed by atoms with van der Waals surface area (Å²) < 4.78 is 5.44. The van der Waals surface area contributed by atoms with E-state index in [4.69, 9.17) is 4.74 Å². The molecule has 0 bridgehead atoms. The third kappa shape index (κ3) is 3.13. The Bertz CT molecular complexity index is 1180. The van der Waals surface area contributed by atoms with Crippen LogP contribution in [0.5, 0.6) is 5.75 Å². The molecule has 6 heteroatoms. The topological polar surface area (TPSA) is 79.9 Å². The lowest BCUT2D eigenvalue weighted by Crippen LogP contribution is -2.13. The second-order valence-corrected chi connectivity index (χ2v) is 6.11. The number of methoxy groups -OCH3 is 1. The van der Waals surface area contributed by atoms with Gasteiger partial charge in [-0.25, -0.2) is 4.98 Å². The van der Waals surface area contributed by atoms with Crippen molar-refractivity contribution in [1.82, 2.24) is 15.0 Å². The lowest BCUT2D eigenvalue weighted by Gasteiger charge is -2.12. The predicted octanol–water partition coefficient (Wildman–Crippen LogP) is 4.05. The van der Waals surface area contributed by atoms with E-state index >= 15 is 0 Å². The molecule has 0 unspecified atom stereocenters. The molecule has 0 aliphatic heterocycles. The summed E-state index contributed by atoms with van der Waals surface area (Å²) in [5, 5.41) is 3.58. The molecule has 0 saturated carbocycles. The number of benzene rings is 2. The molecular weight excluding hydrogens is 340 g/mol. The Kier molecular flexibility index (Phi) is 4.30. The van der Waals surface area contributed by atoms with Crippen LogP contribution in [0.4, 0.5) is 11.6 Å². The van der Waals surface area contributed by atoms with Gasteiger partial charge in [0.05, 0.1) is 12.5 Å². The number of ether oxygens (including phenoxy) is 1. The maximum atomic E-state index is 12.9. The van der Waals surface area contributed by atoms with Gasteiger partial charge in [0.2, 0.25) is 5.95 Å². The third-order valence-corrected chi connectivity index (χ3v) is 4.40. The van der Waals surface area contributed by atoms with Crippen molar-refractivity contribution in [3.8, 4) is 16.9 Å². The molecule has 0 aliphatic carbocycles. The molecular formula is C21H18N4O2. The van der Waals surface area contributed by atoms with Crippen molar-refractivity contribution in [2.45, 2.75) is 6.92 Å². The van der Waals surface area contributed by atoms with Crippen molar-refractivity contribution >= 4 is 22.7 Å². The highest BCUT2D eigenvalue weighted by molar-refractivity contribution is 5.94. The number of para-hydroxylation sites is 2. The number of H-pyrrole nitrogens is 1. The lowest BCUT2D eigenvalue weighted by atomic mass is 10.0. The molecule has 0 fully saturated rings. The standard InChI is InChI=1S/C21H18N4O2/c1-13-7-3-5-9-16(13)23-21-24-19-18(20(26)25-21)15(11-12-22-19)14-8-4-6-10-17(14)27-2/h3-12H,1-2H3,(H2,22,23,24,25,26). The smallest absolute Gasteiger partial charge is 0.262 e. The second kappa shape index (κ2) is 6.92. The monoisotopic (exact) mass is 358 g/mol. The highest BCUT2D eigenvalue weighted by atomic mass is 16.5. The predicted molar refractivity (Wildman–Crippen MR) is 107 cm³/mol. The Morgan fingerprint density at radius 2 is 1.78 bits per heavy atom. The number of aryl methyl sites for hydroxylation is 1. The number of nitrogens with one attached hydrogen (secondary N) is 2. The summed E-state index contributed by atoms with van der Waals surface area (Å²) in [6, 6.07) is 17.1. The van der Waals surface area contributed by atoms with Gasteiger partial charge in [0, 0.05) is 23.0 Å². The fraction of sp³-hybridized carbons (Fsp3) is 0.0952. The van der Waals surface area contributed by atoms with Gasteiger partial charge in [0.25, 0.3) is 5.56 Å². The first kappa shape index (κ1) is 16.8. The molecule has 134 valence electrons. The second-order valence-electron chi connectivity index (χ2n) is 6.11. The van der Waals surface area contributed by atoms with Gasteiger partial charge < -0.3 is 10.1 Å². The quantitative estimate of drug-likeness (QED) is 0.575. The Morgan fingerprint density at radius 3 is 2.59 bits per heavy atom. The maximum absolute atomic E-state index is 12.9. The van der Waals surface area contributed by atoms with E-state index in [2.05, 4.69) is 20.3 Å². The highest BCUT2D eigenvalue weighted by Gasteiger charge is 2.14. The van der Waals surface area contributed by atoms with Crippen LogP contribution in [0, 0.1) is 6.92 Å². The Labute approximate surface area is 155 Å². The van der Waals surface area contributed by atoms with E-state index in [0.717, 1.165) is 22.4 Å². The number of nitrogens with zero attached hydrogens (tertiary/aromatic N) is 2.